The van der Waals surface area contributed by atoms with Gasteiger partial charge in [-0.2, -0.15) is 5.10 Å². The van der Waals surface area contributed by atoms with E-state index in [4.69, 9.17) is 5.14 Å². The molecule has 0 aliphatic heterocycles. The molecule has 2 heterocycles. The van der Waals surface area contributed by atoms with Crippen LogP contribution in [0, 0.1) is 12.7 Å². The van der Waals surface area contributed by atoms with E-state index in [0.717, 1.165) is 5.69 Å². The lowest BCUT2D eigenvalue weighted by atomic mass is 10.2. The highest BCUT2D eigenvalue weighted by Crippen LogP contribution is 2.29. The van der Waals surface area contributed by atoms with E-state index in [2.05, 4.69) is 20.4 Å². The van der Waals surface area contributed by atoms with Gasteiger partial charge in [-0.1, -0.05) is 0 Å². The first-order valence-corrected chi connectivity index (χ1v) is 10.1. The van der Waals surface area contributed by atoms with Crippen molar-refractivity contribution in [1.29, 1.82) is 0 Å². The molecule has 0 bridgehead atoms. The summed E-state index contributed by atoms with van der Waals surface area (Å²) in [4.78, 5) is 9.20. The van der Waals surface area contributed by atoms with Crippen LogP contribution in [0.4, 0.5) is 15.9 Å². The van der Waals surface area contributed by atoms with Crippen LogP contribution in [0.15, 0.2) is 53.4 Å². The normalized spacial score (nSPS) is 11.7. The number of hydrogen-bond donors (Lipinski definition) is 2. The van der Waals surface area contributed by atoms with Gasteiger partial charge in [0.2, 0.25) is 10.0 Å². The van der Waals surface area contributed by atoms with Crippen molar-refractivity contribution in [3.8, 4) is 11.4 Å². The molecular formula is C19H17FN6O2S. The summed E-state index contributed by atoms with van der Waals surface area (Å²) in [6, 6.07) is 11.9. The summed E-state index contributed by atoms with van der Waals surface area (Å²) >= 11 is 0. The molecule has 0 fully saturated rings. The molecular weight excluding hydrogens is 395 g/mol. The fourth-order valence-electron chi connectivity index (χ4n) is 3.02. The maximum absolute atomic E-state index is 13.3. The van der Waals surface area contributed by atoms with Crippen molar-refractivity contribution in [1.82, 2.24) is 19.7 Å². The number of fused-ring (bicyclic) bond motifs is 1. The molecule has 0 unspecified atom stereocenters. The first-order chi connectivity index (χ1) is 13.7. The third kappa shape index (κ3) is 3.67. The zero-order valence-electron chi connectivity index (χ0n) is 15.6. The van der Waals surface area contributed by atoms with Gasteiger partial charge in [0.05, 0.1) is 10.6 Å². The number of sulfonamides is 1. The minimum Gasteiger partial charge on any atom is -0.338 e. The Bertz CT molecular complexity index is 1320. The summed E-state index contributed by atoms with van der Waals surface area (Å²) in [6.45, 7) is 1.84. The number of nitrogens with one attached hydrogen (secondary N) is 1. The highest BCUT2D eigenvalue weighted by atomic mass is 32.2. The molecule has 0 aliphatic carbocycles. The molecule has 148 valence electrons. The smallest absolute Gasteiger partial charge is 0.238 e. The lowest BCUT2D eigenvalue weighted by Crippen LogP contribution is -2.11. The van der Waals surface area contributed by atoms with Crippen molar-refractivity contribution in [2.24, 2.45) is 12.2 Å². The predicted molar refractivity (Wildman–Crippen MR) is 108 cm³/mol. The van der Waals surface area contributed by atoms with Crippen molar-refractivity contribution >= 4 is 32.6 Å². The van der Waals surface area contributed by atoms with Crippen LogP contribution in [-0.2, 0) is 17.1 Å². The van der Waals surface area contributed by atoms with Crippen LogP contribution in [0.25, 0.3) is 22.4 Å². The van der Waals surface area contributed by atoms with E-state index in [0.29, 0.717) is 33.9 Å². The number of primary sulfonamides is 1. The molecule has 0 saturated carbocycles. The van der Waals surface area contributed by atoms with Gasteiger partial charge in [-0.15, -0.1) is 0 Å². The molecule has 4 rings (SSSR count). The minimum absolute atomic E-state index is 0.0132. The Morgan fingerprint density at radius 1 is 1.03 bits per heavy atom. The standard InChI is InChI=1S/C19H17FN6O2S/c1-11-16-17(26(2)25-11)19(22-14-7-9-15(10-8-14)29(21,27)28)24-18(23-16)12-3-5-13(20)6-4-12/h3-10H,1-2H3,(H2,21,27,28)(H,22,23,24). The summed E-state index contributed by atoms with van der Waals surface area (Å²) in [7, 11) is -1.99. The zero-order chi connectivity index (χ0) is 20.8. The van der Waals surface area contributed by atoms with Crippen molar-refractivity contribution in [3.63, 3.8) is 0 Å². The highest BCUT2D eigenvalue weighted by Gasteiger charge is 2.17. The summed E-state index contributed by atoms with van der Waals surface area (Å²) in [5.41, 5.74) is 3.33. The number of benzene rings is 2. The van der Waals surface area contributed by atoms with E-state index in [-0.39, 0.29) is 10.7 Å². The summed E-state index contributed by atoms with van der Waals surface area (Å²) in [5.74, 6) is 0.554. The third-order valence-corrected chi connectivity index (χ3v) is 5.33. The molecule has 29 heavy (non-hydrogen) atoms. The van der Waals surface area contributed by atoms with Crippen molar-refractivity contribution < 1.29 is 12.8 Å². The van der Waals surface area contributed by atoms with Crippen LogP contribution >= 0.6 is 0 Å². The first kappa shape index (κ1) is 19.0. The van der Waals surface area contributed by atoms with Crippen LogP contribution in [-0.4, -0.2) is 28.2 Å². The van der Waals surface area contributed by atoms with E-state index in [1.165, 1.54) is 24.3 Å². The molecule has 0 saturated heterocycles. The Morgan fingerprint density at radius 2 is 1.69 bits per heavy atom. The number of aromatic nitrogens is 4. The second-order valence-corrected chi connectivity index (χ2v) is 8.06. The molecule has 2 aromatic heterocycles. The molecule has 0 amide bonds. The fraction of sp³-hybridized carbons (Fsp3) is 0.105. The minimum atomic E-state index is -3.77. The van der Waals surface area contributed by atoms with Gasteiger partial charge in [0.25, 0.3) is 0 Å². The molecule has 2 aromatic carbocycles. The van der Waals surface area contributed by atoms with Gasteiger partial charge in [0.15, 0.2) is 11.6 Å². The van der Waals surface area contributed by atoms with Gasteiger partial charge in [-0.05, 0) is 55.5 Å². The Morgan fingerprint density at radius 3 is 2.31 bits per heavy atom. The highest BCUT2D eigenvalue weighted by molar-refractivity contribution is 7.89. The van der Waals surface area contributed by atoms with Gasteiger partial charge in [-0.25, -0.2) is 27.9 Å². The lowest BCUT2D eigenvalue weighted by molar-refractivity contribution is 0.598. The number of nitrogens with zero attached hydrogens (tertiary/aromatic N) is 4. The topological polar surface area (TPSA) is 116 Å². The monoisotopic (exact) mass is 412 g/mol. The second kappa shape index (κ2) is 6.90. The molecule has 4 aromatic rings. The van der Waals surface area contributed by atoms with Crippen LogP contribution in [0.5, 0.6) is 0 Å². The molecule has 0 radical (unpaired) electrons. The van der Waals surface area contributed by atoms with Gasteiger partial charge >= 0.3 is 0 Å². The molecule has 8 nitrogen and oxygen atoms in total. The van der Waals surface area contributed by atoms with Crippen molar-refractivity contribution in [3.05, 3.63) is 60.0 Å². The average Bonchev–Trinajstić information content (AvgIpc) is 2.96. The van der Waals surface area contributed by atoms with Crippen LogP contribution in [0.3, 0.4) is 0 Å². The zero-order valence-corrected chi connectivity index (χ0v) is 16.4. The number of rotatable bonds is 4. The number of hydrogen-bond acceptors (Lipinski definition) is 6. The maximum Gasteiger partial charge on any atom is 0.238 e. The number of aryl methyl sites for hydroxylation is 2. The molecule has 0 atom stereocenters. The SMILES string of the molecule is Cc1nn(C)c2c(Nc3ccc(S(N)(=O)=O)cc3)nc(-c3ccc(F)cc3)nc12. The summed E-state index contributed by atoms with van der Waals surface area (Å²) in [5, 5.41) is 12.7. The molecule has 3 N–H and O–H groups in total. The molecule has 10 heteroatoms. The second-order valence-electron chi connectivity index (χ2n) is 6.50. The van der Waals surface area contributed by atoms with E-state index in [1.54, 1.807) is 36.0 Å². The van der Waals surface area contributed by atoms with Gasteiger partial charge < -0.3 is 5.32 Å². The fourth-order valence-corrected chi connectivity index (χ4v) is 3.53. The lowest BCUT2D eigenvalue weighted by Gasteiger charge is -2.10. The Balaban J connectivity index is 1.83. The van der Waals surface area contributed by atoms with Gasteiger partial charge in [0.1, 0.15) is 16.9 Å². The summed E-state index contributed by atoms with van der Waals surface area (Å²) in [6.07, 6.45) is 0. The first-order valence-electron chi connectivity index (χ1n) is 8.59. The largest absolute Gasteiger partial charge is 0.338 e. The third-order valence-electron chi connectivity index (χ3n) is 4.40. The average molecular weight is 412 g/mol. The van der Waals surface area contributed by atoms with Crippen LogP contribution < -0.4 is 10.5 Å². The van der Waals surface area contributed by atoms with Gasteiger partial charge in [0, 0.05) is 18.3 Å². The number of halogens is 1. The van der Waals surface area contributed by atoms with E-state index >= 15 is 0 Å². The number of nitrogens with two attached hydrogens (primary N) is 1. The molecule has 0 spiro atoms. The van der Waals surface area contributed by atoms with Crippen LogP contribution in [0.2, 0.25) is 0 Å². The van der Waals surface area contributed by atoms with Crippen LogP contribution in [0.1, 0.15) is 5.69 Å². The van der Waals surface area contributed by atoms with E-state index in [9.17, 15) is 12.8 Å². The Hall–Kier alpha value is -3.37. The van der Waals surface area contributed by atoms with Gasteiger partial charge in [-0.3, -0.25) is 4.68 Å². The Kier molecular flexibility index (Phi) is 4.52. The number of anilines is 2. The molecule has 0 aliphatic rings. The summed E-state index contributed by atoms with van der Waals surface area (Å²) < 4.78 is 37.9. The van der Waals surface area contributed by atoms with Crippen molar-refractivity contribution in [2.45, 2.75) is 11.8 Å². The van der Waals surface area contributed by atoms with E-state index < -0.39 is 10.0 Å². The predicted octanol–water partition coefficient (Wildman–Crippen LogP) is 2.87. The quantitative estimate of drug-likeness (QED) is 0.532. The van der Waals surface area contributed by atoms with E-state index in [1.807, 2.05) is 6.92 Å². The Labute approximate surface area is 166 Å². The maximum atomic E-state index is 13.3. The van der Waals surface area contributed by atoms with Crippen molar-refractivity contribution in [2.75, 3.05) is 5.32 Å².